The summed E-state index contributed by atoms with van der Waals surface area (Å²) < 4.78 is 0. The normalized spacial score (nSPS) is 22.0. The Kier molecular flexibility index (Phi) is 2.07. The van der Waals surface area contributed by atoms with E-state index in [1.807, 2.05) is 12.2 Å². The molecule has 0 saturated heterocycles. The molecule has 0 spiro atoms. The van der Waals surface area contributed by atoms with Crippen molar-refractivity contribution in [3.63, 3.8) is 0 Å². The predicted octanol–water partition coefficient (Wildman–Crippen LogP) is -0.454. The summed E-state index contributed by atoms with van der Waals surface area (Å²) in [6, 6.07) is 0. The van der Waals surface area contributed by atoms with Gasteiger partial charge in [-0.1, -0.05) is 0 Å². The topological polar surface area (TPSA) is 48.8 Å². The van der Waals surface area contributed by atoms with Gasteiger partial charge in [0.15, 0.2) is 0 Å². The van der Waals surface area contributed by atoms with Crippen LogP contribution in [-0.4, -0.2) is 37.9 Å². The number of nitrogens with one attached hydrogen (secondary N) is 2. The first-order chi connectivity index (χ1) is 5.95. The maximum atomic E-state index is 4.23. The average molecular weight is 164 g/mol. The second-order valence-electron chi connectivity index (χ2n) is 2.72. The van der Waals surface area contributed by atoms with Crippen LogP contribution in [0.15, 0.2) is 22.1 Å². The van der Waals surface area contributed by atoms with Crippen LogP contribution in [0.1, 0.15) is 0 Å². The number of amidine groups is 2. The molecule has 0 bridgehead atoms. The summed E-state index contributed by atoms with van der Waals surface area (Å²) in [5.41, 5.74) is 0. The number of rotatable bonds is 2. The smallest absolute Gasteiger partial charge is 0.121 e. The SMILES string of the molecule is C(=CC1=NCCN1)C1=NCCN1. The van der Waals surface area contributed by atoms with Gasteiger partial charge in [-0.05, 0) is 12.2 Å². The maximum absolute atomic E-state index is 4.23. The lowest BCUT2D eigenvalue weighted by Crippen LogP contribution is -2.19. The van der Waals surface area contributed by atoms with Gasteiger partial charge in [0.05, 0.1) is 13.1 Å². The van der Waals surface area contributed by atoms with Crippen molar-refractivity contribution < 1.29 is 0 Å². The van der Waals surface area contributed by atoms with E-state index < -0.39 is 0 Å². The van der Waals surface area contributed by atoms with E-state index in [2.05, 4.69) is 20.6 Å². The van der Waals surface area contributed by atoms with E-state index in [0.717, 1.165) is 37.9 Å². The summed E-state index contributed by atoms with van der Waals surface area (Å²) in [7, 11) is 0. The van der Waals surface area contributed by atoms with E-state index in [9.17, 15) is 0 Å². The van der Waals surface area contributed by atoms with Gasteiger partial charge in [-0.15, -0.1) is 0 Å². The van der Waals surface area contributed by atoms with Crippen LogP contribution in [0.3, 0.4) is 0 Å². The molecule has 4 heteroatoms. The molecule has 2 aliphatic heterocycles. The maximum Gasteiger partial charge on any atom is 0.121 e. The van der Waals surface area contributed by atoms with Gasteiger partial charge in [-0.2, -0.15) is 0 Å². The molecule has 0 atom stereocenters. The molecule has 2 N–H and O–H groups in total. The molecule has 12 heavy (non-hydrogen) atoms. The van der Waals surface area contributed by atoms with Gasteiger partial charge in [0.2, 0.25) is 0 Å². The Morgan fingerprint density at radius 1 is 0.917 bits per heavy atom. The lowest BCUT2D eigenvalue weighted by molar-refractivity contribution is 0.960. The van der Waals surface area contributed by atoms with Crippen LogP contribution in [0.25, 0.3) is 0 Å². The summed E-state index contributed by atoms with van der Waals surface area (Å²) in [6.45, 7) is 3.69. The molecule has 0 aliphatic carbocycles. The minimum absolute atomic E-state index is 0.888. The van der Waals surface area contributed by atoms with Crippen LogP contribution in [0, 0.1) is 0 Å². The summed E-state index contributed by atoms with van der Waals surface area (Å²) in [4.78, 5) is 8.47. The van der Waals surface area contributed by atoms with Crippen LogP contribution in [0.4, 0.5) is 0 Å². The van der Waals surface area contributed by atoms with Crippen LogP contribution < -0.4 is 10.6 Å². The quantitative estimate of drug-likeness (QED) is 0.580. The van der Waals surface area contributed by atoms with Crippen LogP contribution in [0.2, 0.25) is 0 Å². The monoisotopic (exact) mass is 164 g/mol. The summed E-state index contributed by atoms with van der Waals surface area (Å²) in [5, 5.41) is 6.32. The van der Waals surface area contributed by atoms with Crippen molar-refractivity contribution in [3.05, 3.63) is 12.2 Å². The van der Waals surface area contributed by atoms with Crippen LogP contribution in [-0.2, 0) is 0 Å². The van der Waals surface area contributed by atoms with E-state index in [-0.39, 0.29) is 0 Å². The zero-order valence-electron chi connectivity index (χ0n) is 6.88. The molecule has 0 amide bonds. The van der Waals surface area contributed by atoms with Gasteiger partial charge in [0.1, 0.15) is 11.7 Å². The third-order valence-electron chi connectivity index (χ3n) is 1.80. The third-order valence-corrected chi connectivity index (χ3v) is 1.80. The van der Waals surface area contributed by atoms with Gasteiger partial charge < -0.3 is 10.6 Å². The Labute approximate surface area is 71.5 Å². The number of aliphatic imine (C=N–C) groups is 2. The van der Waals surface area contributed by atoms with Gasteiger partial charge >= 0.3 is 0 Å². The first-order valence-corrected chi connectivity index (χ1v) is 4.20. The van der Waals surface area contributed by atoms with E-state index in [4.69, 9.17) is 0 Å². The Bertz CT molecular complexity index is 226. The minimum Gasteiger partial charge on any atom is -0.369 e. The van der Waals surface area contributed by atoms with Crippen LogP contribution >= 0.6 is 0 Å². The van der Waals surface area contributed by atoms with E-state index in [1.54, 1.807) is 0 Å². The lowest BCUT2D eigenvalue weighted by atomic mass is 10.4. The Hall–Kier alpha value is -1.32. The molecule has 0 aromatic carbocycles. The van der Waals surface area contributed by atoms with Crippen molar-refractivity contribution >= 4 is 11.7 Å². The van der Waals surface area contributed by atoms with Crippen molar-refractivity contribution in [2.45, 2.75) is 0 Å². The van der Waals surface area contributed by atoms with E-state index in [1.165, 1.54) is 0 Å². The molecular formula is C8H12N4. The Morgan fingerprint density at radius 3 is 1.75 bits per heavy atom. The molecule has 4 nitrogen and oxygen atoms in total. The van der Waals surface area contributed by atoms with Crippen molar-refractivity contribution in [2.24, 2.45) is 9.98 Å². The summed E-state index contributed by atoms with van der Waals surface area (Å²) >= 11 is 0. The fourth-order valence-corrected chi connectivity index (χ4v) is 1.21. The first kappa shape index (κ1) is 7.34. The van der Waals surface area contributed by atoms with Crippen molar-refractivity contribution in [1.82, 2.24) is 10.6 Å². The lowest BCUT2D eigenvalue weighted by Gasteiger charge is -1.94. The molecule has 64 valence electrons. The largest absolute Gasteiger partial charge is 0.369 e. The van der Waals surface area contributed by atoms with E-state index >= 15 is 0 Å². The number of nitrogens with zero attached hydrogens (tertiary/aromatic N) is 2. The number of hydrogen-bond acceptors (Lipinski definition) is 4. The molecule has 0 unspecified atom stereocenters. The molecule has 0 radical (unpaired) electrons. The standard InChI is InChI=1S/C8H12N4/c1(7-9-3-4-10-7)2-8-11-5-6-12-8/h1-2H,3-6H2,(H,9,10)(H,11,12). The van der Waals surface area contributed by atoms with Crippen molar-refractivity contribution in [2.75, 3.05) is 26.2 Å². The first-order valence-electron chi connectivity index (χ1n) is 4.20. The predicted molar refractivity (Wildman–Crippen MR) is 49.7 cm³/mol. The molecule has 0 fully saturated rings. The van der Waals surface area contributed by atoms with E-state index in [0.29, 0.717) is 0 Å². The van der Waals surface area contributed by atoms with Gasteiger partial charge in [0, 0.05) is 13.1 Å². The summed E-state index contributed by atoms with van der Waals surface area (Å²) in [6.07, 6.45) is 3.92. The highest BCUT2D eigenvalue weighted by Crippen LogP contribution is 1.90. The van der Waals surface area contributed by atoms with Crippen molar-refractivity contribution in [1.29, 1.82) is 0 Å². The second-order valence-corrected chi connectivity index (χ2v) is 2.72. The molecule has 0 saturated carbocycles. The Balaban J connectivity index is 1.92. The molecular weight excluding hydrogens is 152 g/mol. The van der Waals surface area contributed by atoms with Gasteiger partial charge in [-0.3, -0.25) is 9.98 Å². The number of hydrogen-bond donors (Lipinski definition) is 2. The molecule has 0 aromatic heterocycles. The van der Waals surface area contributed by atoms with Gasteiger partial charge in [0.25, 0.3) is 0 Å². The highest BCUT2D eigenvalue weighted by molar-refractivity contribution is 6.02. The highest BCUT2D eigenvalue weighted by atomic mass is 15.1. The third kappa shape index (κ3) is 1.64. The van der Waals surface area contributed by atoms with Crippen molar-refractivity contribution in [3.8, 4) is 0 Å². The molecule has 0 aromatic rings. The minimum atomic E-state index is 0.888. The molecule has 2 heterocycles. The second kappa shape index (κ2) is 3.38. The average Bonchev–Trinajstić information content (AvgIpc) is 2.74. The summed E-state index contributed by atoms with van der Waals surface area (Å²) in [5.74, 6) is 1.93. The fourth-order valence-electron chi connectivity index (χ4n) is 1.21. The highest BCUT2D eigenvalue weighted by Gasteiger charge is 2.02. The Morgan fingerprint density at radius 2 is 1.42 bits per heavy atom. The molecule has 2 rings (SSSR count). The zero-order chi connectivity index (χ0) is 8.23. The zero-order valence-corrected chi connectivity index (χ0v) is 6.88. The fraction of sp³-hybridized carbons (Fsp3) is 0.500. The van der Waals surface area contributed by atoms with Gasteiger partial charge in [-0.25, -0.2) is 0 Å². The van der Waals surface area contributed by atoms with Crippen LogP contribution in [0.5, 0.6) is 0 Å². The molecule has 2 aliphatic rings.